The van der Waals surface area contributed by atoms with Crippen molar-refractivity contribution < 1.29 is 31.2 Å². The second-order valence-electron chi connectivity index (χ2n) is 3.04. The highest BCUT2D eigenvalue weighted by Gasteiger charge is 2.30. The van der Waals surface area contributed by atoms with E-state index in [2.05, 4.69) is 20.4 Å². The van der Waals surface area contributed by atoms with E-state index < -0.39 is 33.1 Å². The van der Waals surface area contributed by atoms with Crippen molar-refractivity contribution in [3.05, 3.63) is 0 Å². The Labute approximate surface area is 109 Å². The topological polar surface area (TPSA) is 110 Å². The standard InChI is InChI=1S/C6H7F3N4O4S2/c1-3(14)10-4-11-12-5(18-4)19(15,16)13-17-2-6(7,8)9/h13H,2H2,1H3,(H,10,11,14). The van der Waals surface area contributed by atoms with Crippen LogP contribution in [-0.4, -0.2) is 37.3 Å². The molecule has 1 aromatic rings. The van der Waals surface area contributed by atoms with E-state index in [-0.39, 0.29) is 5.13 Å². The molecule has 0 unspecified atom stereocenters. The van der Waals surface area contributed by atoms with Gasteiger partial charge in [0.1, 0.15) is 0 Å². The van der Waals surface area contributed by atoms with Crippen LogP contribution in [0, 0.1) is 0 Å². The lowest BCUT2D eigenvalue weighted by Crippen LogP contribution is -2.29. The number of nitrogens with zero attached hydrogens (tertiary/aromatic N) is 2. The average Bonchev–Trinajstić information content (AvgIpc) is 2.63. The van der Waals surface area contributed by atoms with Gasteiger partial charge in [0.2, 0.25) is 11.0 Å². The molecule has 0 fully saturated rings. The first-order valence-corrected chi connectivity index (χ1v) is 6.71. The fraction of sp³-hybridized carbons (Fsp3) is 0.500. The summed E-state index contributed by atoms with van der Waals surface area (Å²) in [5, 5.41) is 8.58. The van der Waals surface area contributed by atoms with Gasteiger partial charge in [0.15, 0.2) is 6.61 Å². The zero-order valence-corrected chi connectivity index (χ0v) is 10.8. The minimum atomic E-state index is -4.68. The number of amides is 1. The molecular formula is C6H7F3N4O4S2. The van der Waals surface area contributed by atoms with Crippen molar-refractivity contribution in [2.45, 2.75) is 17.4 Å². The van der Waals surface area contributed by atoms with Gasteiger partial charge in [-0.05, 0) is 0 Å². The van der Waals surface area contributed by atoms with Crippen LogP contribution in [-0.2, 0) is 19.7 Å². The van der Waals surface area contributed by atoms with Crippen LogP contribution in [0.15, 0.2) is 4.34 Å². The molecule has 13 heteroatoms. The van der Waals surface area contributed by atoms with E-state index in [1.807, 2.05) is 0 Å². The summed E-state index contributed by atoms with van der Waals surface area (Å²) in [6.07, 6.45) is -4.68. The molecule has 1 rings (SSSR count). The van der Waals surface area contributed by atoms with Gasteiger partial charge in [0.05, 0.1) is 0 Å². The smallest absolute Gasteiger partial charge is 0.301 e. The van der Waals surface area contributed by atoms with Gasteiger partial charge in [-0.15, -0.1) is 10.2 Å². The first-order chi connectivity index (χ1) is 8.60. The number of halogens is 3. The summed E-state index contributed by atoms with van der Waals surface area (Å²) in [6.45, 7) is -0.621. The molecular weight excluding hydrogens is 313 g/mol. The minimum Gasteiger partial charge on any atom is -0.301 e. The molecule has 0 spiro atoms. The Morgan fingerprint density at radius 2 is 2.05 bits per heavy atom. The van der Waals surface area contributed by atoms with Crippen LogP contribution >= 0.6 is 11.3 Å². The Hall–Kier alpha value is -1.31. The molecule has 0 bridgehead atoms. The quantitative estimate of drug-likeness (QED) is 0.595. The van der Waals surface area contributed by atoms with Gasteiger partial charge in [-0.25, -0.2) is 8.42 Å². The number of carbonyl (C=O) groups excluding carboxylic acids is 1. The van der Waals surface area contributed by atoms with E-state index in [1.54, 1.807) is 0 Å². The van der Waals surface area contributed by atoms with E-state index in [0.29, 0.717) is 11.3 Å². The van der Waals surface area contributed by atoms with Crippen LogP contribution < -0.4 is 10.2 Å². The van der Waals surface area contributed by atoms with Gasteiger partial charge in [-0.3, -0.25) is 9.63 Å². The van der Waals surface area contributed by atoms with E-state index in [9.17, 15) is 26.4 Å². The van der Waals surface area contributed by atoms with Crippen LogP contribution in [0.2, 0.25) is 0 Å². The Kier molecular flexibility index (Phi) is 4.78. The summed E-state index contributed by atoms with van der Waals surface area (Å²) in [5.41, 5.74) is 0. The zero-order valence-electron chi connectivity index (χ0n) is 9.18. The molecule has 8 nitrogen and oxygen atoms in total. The van der Waals surface area contributed by atoms with E-state index in [4.69, 9.17) is 0 Å². The molecule has 0 aliphatic carbocycles. The van der Waals surface area contributed by atoms with Crippen LogP contribution in [0.4, 0.5) is 18.3 Å². The number of carbonyl (C=O) groups is 1. The Morgan fingerprint density at radius 1 is 1.42 bits per heavy atom. The predicted molar refractivity (Wildman–Crippen MR) is 56.5 cm³/mol. The molecule has 0 saturated heterocycles. The van der Waals surface area contributed by atoms with Crippen molar-refractivity contribution in [1.29, 1.82) is 0 Å². The molecule has 0 radical (unpaired) electrons. The summed E-state index contributed by atoms with van der Waals surface area (Å²) < 4.78 is 57.4. The highest BCUT2D eigenvalue weighted by molar-refractivity contribution is 7.91. The van der Waals surface area contributed by atoms with E-state index in [0.717, 1.165) is 0 Å². The molecule has 108 valence electrons. The van der Waals surface area contributed by atoms with Gasteiger partial charge in [0, 0.05) is 6.92 Å². The summed E-state index contributed by atoms with van der Waals surface area (Å²) in [4.78, 5) is 15.7. The second kappa shape index (κ2) is 5.77. The van der Waals surface area contributed by atoms with Gasteiger partial charge in [-0.2, -0.15) is 13.2 Å². The Bertz CT molecular complexity index is 555. The molecule has 19 heavy (non-hydrogen) atoms. The van der Waals surface area contributed by atoms with Crippen molar-refractivity contribution >= 4 is 32.4 Å². The summed E-state index contributed by atoms with van der Waals surface area (Å²) >= 11 is 0.460. The first-order valence-electron chi connectivity index (χ1n) is 4.41. The lowest BCUT2D eigenvalue weighted by molar-refractivity contribution is -0.181. The van der Waals surface area contributed by atoms with Crippen LogP contribution in [0.3, 0.4) is 0 Å². The maximum Gasteiger partial charge on any atom is 0.413 e. The number of aromatic nitrogens is 2. The largest absolute Gasteiger partial charge is 0.413 e. The lowest BCUT2D eigenvalue weighted by Gasteiger charge is -2.06. The fourth-order valence-corrected chi connectivity index (χ4v) is 2.48. The third-order valence-electron chi connectivity index (χ3n) is 1.32. The number of alkyl halides is 3. The van der Waals surface area contributed by atoms with Crippen molar-refractivity contribution in [1.82, 2.24) is 15.1 Å². The molecule has 0 atom stereocenters. The molecule has 2 N–H and O–H groups in total. The van der Waals surface area contributed by atoms with Crippen LogP contribution in [0.5, 0.6) is 0 Å². The highest BCUT2D eigenvalue weighted by Crippen LogP contribution is 2.20. The zero-order chi connectivity index (χ0) is 14.7. The molecule has 1 heterocycles. The van der Waals surface area contributed by atoms with Crippen LogP contribution in [0.1, 0.15) is 6.92 Å². The fourth-order valence-electron chi connectivity index (χ4n) is 0.744. The van der Waals surface area contributed by atoms with Gasteiger partial charge in [0.25, 0.3) is 14.4 Å². The molecule has 0 saturated carbocycles. The minimum absolute atomic E-state index is 0.108. The molecule has 1 amide bonds. The van der Waals surface area contributed by atoms with Crippen molar-refractivity contribution in [2.75, 3.05) is 11.9 Å². The average molecular weight is 320 g/mol. The van der Waals surface area contributed by atoms with Gasteiger partial charge in [-0.1, -0.05) is 16.2 Å². The summed E-state index contributed by atoms with van der Waals surface area (Å²) in [5.74, 6) is -0.499. The van der Waals surface area contributed by atoms with Crippen LogP contribution in [0.25, 0.3) is 0 Å². The van der Waals surface area contributed by atoms with Crippen molar-refractivity contribution in [3.63, 3.8) is 0 Å². The van der Waals surface area contributed by atoms with E-state index >= 15 is 0 Å². The predicted octanol–water partition coefficient (Wildman–Crippen LogP) is 0.269. The highest BCUT2D eigenvalue weighted by atomic mass is 32.2. The summed E-state index contributed by atoms with van der Waals surface area (Å²) in [7, 11) is -4.38. The third kappa shape index (κ3) is 5.46. The number of nitrogens with one attached hydrogen (secondary N) is 2. The SMILES string of the molecule is CC(=O)Nc1nnc(S(=O)(=O)NOCC(F)(F)F)s1. The third-order valence-corrected chi connectivity index (χ3v) is 3.74. The van der Waals surface area contributed by atoms with Gasteiger partial charge >= 0.3 is 6.18 Å². The van der Waals surface area contributed by atoms with E-state index in [1.165, 1.54) is 11.8 Å². The molecule has 1 aromatic heterocycles. The molecule has 0 aliphatic rings. The maximum absolute atomic E-state index is 11.7. The number of anilines is 1. The molecule has 0 aliphatic heterocycles. The number of rotatable bonds is 5. The lowest BCUT2D eigenvalue weighted by atomic mass is 10.7. The number of hydrogen-bond acceptors (Lipinski definition) is 7. The maximum atomic E-state index is 11.7. The Morgan fingerprint density at radius 3 is 2.58 bits per heavy atom. The number of hydrogen-bond donors (Lipinski definition) is 2. The van der Waals surface area contributed by atoms with Crippen molar-refractivity contribution in [3.8, 4) is 0 Å². The number of sulfonamides is 1. The summed E-state index contributed by atoms with van der Waals surface area (Å²) in [6, 6.07) is 0. The molecule has 0 aromatic carbocycles. The van der Waals surface area contributed by atoms with Gasteiger partial charge < -0.3 is 5.32 Å². The Balaban J connectivity index is 2.67. The monoisotopic (exact) mass is 320 g/mol. The second-order valence-corrected chi connectivity index (χ2v) is 5.84. The first kappa shape index (κ1) is 15.7. The van der Waals surface area contributed by atoms with Crippen molar-refractivity contribution in [2.24, 2.45) is 0 Å². The normalized spacial score (nSPS) is 12.4.